The van der Waals surface area contributed by atoms with E-state index in [-0.39, 0.29) is 5.91 Å². The molecule has 1 amide bonds. The molecule has 3 N–H and O–H groups in total. The number of amides is 1. The molecular weight excluding hydrogens is 428 g/mol. The molecule has 0 heterocycles. The highest BCUT2D eigenvalue weighted by Crippen LogP contribution is 2.40. The van der Waals surface area contributed by atoms with Crippen molar-refractivity contribution in [2.45, 2.75) is 63.9 Å². The van der Waals surface area contributed by atoms with Crippen LogP contribution in [0.15, 0.2) is 48.5 Å². The first kappa shape index (κ1) is 27.8. The lowest BCUT2D eigenvalue weighted by Crippen LogP contribution is -2.29. The van der Waals surface area contributed by atoms with Crippen LogP contribution in [-0.4, -0.2) is 49.8 Å². The van der Waals surface area contributed by atoms with Crippen LogP contribution in [0.25, 0.3) is 0 Å². The van der Waals surface area contributed by atoms with E-state index in [1.165, 1.54) is 0 Å². The highest BCUT2D eigenvalue weighted by molar-refractivity contribution is 5.75. The third-order valence-electron chi connectivity index (χ3n) is 6.25. The van der Waals surface area contributed by atoms with Crippen LogP contribution in [0.3, 0.4) is 0 Å². The molecule has 34 heavy (non-hydrogen) atoms. The molecule has 6 nitrogen and oxygen atoms in total. The van der Waals surface area contributed by atoms with Crippen LogP contribution in [0.1, 0.15) is 62.5 Å². The molecule has 2 aromatic carbocycles. The van der Waals surface area contributed by atoms with Gasteiger partial charge in [-0.2, -0.15) is 0 Å². The molecule has 2 rings (SSSR count). The predicted octanol–water partition coefficient (Wildman–Crippen LogP) is 5.16. The SMILES string of the molecule is COCCCCC(O)(CCCCN(C)C(=O)CCCN)c1ccccc1Oc1ccccc1C. The number of ether oxygens (including phenoxy) is 2. The number of rotatable bonds is 16. The average Bonchev–Trinajstić information content (AvgIpc) is 2.84. The number of aliphatic hydroxyl groups is 1. The van der Waals surface area contributed by atoms with Gasteiger partial charge in [-0.25, -0.2) is 0 Å². The first-order valence-corrected chi connectivity index (χ1v) is 12.4. The van der Waals surface area contributed by atoms with Gasteiger partial charge in [0.2, 0.25) is 5.91 Å². The van der Waals surface area contributed by atoms with Crippen molar-refractivity contribution in [3.05, 3.63) is 59.7 Å². The maximum Gasteiger partial charge on any atom is 0.222 e. The van der Waals surface area contributed by atoms with Gasteiger partial charge in [0.05, 0.1) is 5.60 Å². The molecule has 0 aliphatic heterocycles. The quantitative estimate of drug-likeness (QED) is 0.331. The molecule has 0 saturated carbocycles. The number of hydrogen-bond acceptors (Lipinski definition) is 5. The molecule has 0 spiro atoms. The number of carbonyl (C=O) groups is 1. The molecule has 1 unspecified atom stereocenters. The Hall–Kier alpha value is -2.41. The maximum absolute atomic E-state index is 12.2. The van der Waals surface area contributed by atoms with E-state index in [0.717, 1.165) is 42.6 Å². The Kier molecular flexibility index (Phi) is 12.1. The zero-order chi connectivity index (χ0) is 24.8. The summed E-state index contributed by atoms with van der Waals surface area (Å²) in [6.45, 7) is 3.89. The van der Waals surface area contributed by atoms with Crippen LogP contribution in [0.4, 0.5) is 0 Å². The Bertz CT molecular complexity index is 873. The molecule has 0 aliphatic carbocycles. The summed E-state index contributed by atoms with van der Waals surface area (Å²) >= 11 is 0. The number of carbonyl (C=O) groups excluding carboxylic acids is 1. The molecule has 2 aromatic rings. The fourth-order valence-electron chi connectivity index (χ4n) is 4.12. The Morgan fingerprint density at radius 3 is 2.29 bits per heavy atom. The van der Waals surface area contributed by atoms with Gasteiger partial charge in [-0.3, -0.25) is 4.79 Å². The van der Waals surface area contributed by atoms with Crippen molar-refractivity contribution in [1.29, 1.82) is 0 Å². The van der Waals surface area contributed by atoms with Crippen molar-refractivity contribution in [2.24, 2.45) is 5.73 Å². The van der Waals surface area contributed by atoms with Crippen LogP contribution in [0, 0.1) is 6.92 Å². The summed E-state index contributed by atoms with van der Waals surface area (Å²) in [5, 5.41) is 11.9. The molecule has 0 saturated heterocycles. The summed E-state index contributed by atoms with van der Waals surface area (Å²) in [4.78, 5) is 13.9. The zero-order valence-electron chi connectivity index (χ0n) is 21.1. The molecule has 1 atom stereocenters. The highest BCUT2D eigenvalue weighted by atomic mass is 16.5. The van der Waals surface area contributed by atoms with Crippen molar-refractivity contribution < 1.29 is 19.4 Å². The molecule has 0 aromatic heterocycles. The second-order valence-corrected chi connectivity index (χ2v) is 9.01. The van der Waals surface area contributed by atoms with Gasteiger partial charge in [-0.15, -0.1) is 0 Å². The number of unbranched alkanes of at least 4 members (excludes halogenated alkanes) is 2. The lowest BCUT2D eigenvalue weighted by atomic mass is 9.83. The van der Waals surface area contributed by atoms with Gasteiger partial charge in [0.15, 0.2) is 0 Å². The van der Waals surface area contributed by atoms with Gasteiger partial charge in [0.1, 0.15) is 11.5 Å². The van der Waals surface area contributed by atoms with E-state index in [1.54, 1.807) is 12.0 Å². The van der Waals surface area contributed by atoms with E-state index in [1.807, 2.05) is 62.5 Å². The van der Waals surface area contributed by atoms with Crippen molar-refractivity contribution >= 4 is 5.91 Å². The van der Waals surface area contributed by atoms with E-state index < -0.39 is 5.60 Å². The number of benzene rings is 2. The fourth-order valence-corrected chi connectivity index (χ4v) is 4.12. The second-order valence-electron chi connectivity index (χ2n) is 9.01. The van der Waals surface area contributed by atoms with Crippen molar-refractivity contribution in [3.8, 4) is 11.5 Å². The Labute approximate surface area is 205 Å². The van der Waals surface area contributed by atoms with Gasteiger partial charge in [0, 0.05) is 39.3 Å². The van der Waals surface area contributed by atoms with Gasteiger partial charge in [0.25, 0.3) is 0 Å². The Morgan fingerprint density at radius 1 is 0.971 bits per heavy atom. The zero-order valence-corrected chi connectivity index (χ0v) is 21.1. The third kappa shape index (κ3) is 8.75. The Morgan fingerprint density at radius 2 is 1.62 bits per heavy atom. The van der Waals surface area contributed by atoms with Crippen molar-refractivity contribution in [2.75, 3.05) is 33.9 Å². The molecule has 188 valence electrons. The summed E-state index contributed by atoms with van der Waals surface area (Å²) < 4.78 is 11.5. The number of aryl methyl sites for hydroxylation is 1. The first-order valence-electron chi connectivity index (χ1n) is 12.4. The van der Waals surface area contributed by atoms with Crippen LogP contribution >= 0.6 is 0 Å². The summed E-state index contributed by atoms with van der Waals surface area (Å²) in [5.74, 6) is 1.59. The van der Waals surface area contributed by atoms with Gasteiger partial charge >= 0.3 is 0 Å². The first-order chi connectivity index (χ1) is 16.4. The van der Waals surface area contributed by atoms with Gasteiger partial charge in [-0.1, -0.05) is 36.4 Å². The molecule has 0 radical (unpaired) electrons. The monoisotopic (exact) mass is 470 g/mol. The number of hydrogen-bond donors (Lipinski definition) is 2. The fraction of sp³-hybridized carbons (Fsp3) is 0.536. The molecule has 6 heteroatoms. The highest BCUT2D eigenvalue weighted by Gasteiger charge is 2.31. The molecule has 0 fully saturated rings. The summed E-state index contributed by atoms with van der Waals surface area (Å²) in [7, 11) is 3.53. The second kappa shape index (κ2) is 14.8. The smallest absolute Gasteiger partial charge is 0.222 e. The van der Waals surface area contributed by atoms with E-state index in [9.17, 15) is 9.90 Å². The molecular formula is C28H42N2O4. The standard InChI is InChI=1S/C28H42N2O4/c1-23-13-4-6-15-25(23)34-26-16-7-5-14-24(26)28(32,19-9-11-22-33-3)18-8-10-21-30(2)27(31)17-12-20-29/h4-7,13-16,32H,8-12,17-22,29H2,1-3H3. The molecule has 0 aliphatic rings. The number of methoxy groups -OCH3 is 1. The van der Waals surface area contributed by atoms with Crippen molar-refractivity contribution in [1.82, 2.24) is 4.90 Å². The average molecular weight is 471 g/mol. The van der Waals surface area contributed by atoms with Gasteiger partial charge in [-0.05, 0) is 76.1 Å². The van der Waals surface area contributed by atoms with Crippen LogP contribution in [0.2, 0.25) is 0 Å². The third-order valence-corrected chi connectivity index (χ3v) is 6.25. The van der Waals surface area contributed by atoms with E-state index in [4.69, 9.17) is 15.2 Å². The summed E-state index contributed by atoms with van der Waals surface area (Å²) in [6, 6.07) is 15.7. The minimum absolute atomic E-state index is 0.122. The normalized spacial score (nSPS) is 12.9. The van der Waals surface area contributed by atoms with Crippen molar-refractivity contribution in [3.63, 3.8) is 0 Å². The maximum atomic E-state index is 12.2. The van der Waals surface area contributed by atoms with E-state index >= 15 is 0 Å². The van der Waals surface area contributed by atoms with Crippen LogP contribution < -0.4 is 10.5 Å². The van der Waals surface area contributed by atoms with Crippen LogP contribution in [-0.2, 0) is 15.1 Å². The summed E-state index contributed by atoms with van der Waals surface area (Å²) in [5.41, 5.74) is 6.35. The van der Waals surface area contributed by atoms with Gasteiger partial charge < -0.3 is 25.2 Å². The van der Waals surface area contributed by atoms with E-state index in [0.29, 0.717) is 51.1 Å². The minimum atomic E-state index is -1.02. The number of nitrogens with two attached hydrogens (primary N) is 1. The molecule has 0 bridgehead atoms. The largest absolute Gasteiger partial charge is 0.457 e. The topological polar surface area (TPSA) is 85.0 Å². The van der Waals surface area contributed by atoms with E-state index in [2.05, 4.69) is 0 Å². The lowest BCUT2D eigenvalue weighted by Gasteiger charge is -2.31. The van der Waals surface area contributed by atoms with Crippen LogP contribution in [0.5, 0.6) is 11.5 Å². The minimum Gasteiger partial charge on any atom is -0.457 e. The summed E-state index contributed by atoms with van der Waals surface area (Å²) in [6.07, 6.45) is 5.77. The Balaban J connectivity index is 2.12. The number of para-hydroxylation sites is 2. The lowest BCUT2D eigenvalue weighted by molar-refractivity contribution is -0.130. The predicted molar refractivity (Wildman–Crippen MR) is 137 cm³/mol. The number of nitrogens with zero attached hydrogens (tertiary/aromatic N) is 1.